The molecule has 7 heteroatoms. The van der Waals surface area contributed by atoms with Crippen LogP contribution >= 0.6 is 0 Å². The summed E-state index contributed by atoms with van der Waals surface area (Å²) in [5, 5.41) is 0. The van der Waals surface area contributed by atoms with Gasteiger partial charge in [0.2, 0.25) is 0 Å². The Labute approximate surface area is 90.5 Å². The van der Waals surface area contributed by atoms with Crippen LogP contribution in [-0.2, 0) is 19.9 Å². The molecule has 0 aromatic carbocycles. The van der Waals surface area contributed by atoms with E-state index in [1.54, 1.807) is 0 Å². The number of halogens is 1. The van der Waals surface area contributed by atoms with E-state index in [-0.39, 0.29) is 19.4 Å². The highest BCUT2D eigenvalue weighted by Crippen LogP contribution is 1.99. The molecule has 0 amide bonds. The van der Waals surface area contributed by atoms with Crippen LogP contribution in [-0.4, -0.2) is 45.8 Å². The lowest BCUT2D eigenvalue weighted by Crippen LogP contribution is -2.26. The van der Waals surface area contributed by atoms with Crippen molar-refractivity contribution >= 4 is 10.4 Å². The van der Waals surface area contributed by atoms with Crippen molar-refractivity contribution < 1.29 is 21.8 Å². The van der Waals surface area contributed by atoms with E-state index in [0.29, 0.717) is 10.9 Å². The molecule has 5 nitrogen and oxygen atoms in total. The minimum atomic E-state index is -4.64. The monoisotopic (exact) mass is 243 g/mol. The molecule has 0 aliphatic rings. The lowest BCUT2D eigenvalue weighted by molar-refractivity contribution is -0.00441. The Hall–Kier alpha value is -0.240. The normalized spacial score (nSPS) is 14.5. The molecule has 0 aromatic rings. The topological polar surface area (TPSA) is 55.8 Å². The Morgan fingerprint density at radius 3 is 2.47 bits per heavy atom. The molecular formula is C8H18FNO4S. The Morgan fingerprint density at radius 2 is 2.00 bits per heavy atom. The summed E-state index contributed by atoms with van der Waals surface area (Å²) in [5.74, 6) is 0. The van der Waals surface area contributed by atoms with E-state index in [2.05, 4.69) is 0 Å². The van der Waals surface area contributed by atoms with E-state index in [1.807, 2.05) is 13.8 Å². The summed E-state index contributed by atoms with van der Waals surface area (Å²) in [5.41, 5.74) is 0. The van der Waals surface area contributed by atoms with E-state index in [4.69, 9.17) is 9.47 Å². The first-order valence-electron chi connectivity index (χ1n) is 4.73. The molecule has 0 spiro atoms. The molecule has 0 radical (unpaired) electrons. The number of hydrogen-bond acceptors (Lipinski definition) is 4. The van der Waals surface area contributed by atoms with Gasteiger partial charge in [0.15, 0.2) is 0 Å². The van der Waals surface area contributed by atoms with Crippen molar-refractivity contribution in [2.45, 2.75) is 26.4 Å². The average Bonchev–Trinajstić information content (AvgIpc) is 2.15. The van der Waals surface area contributed by atoms with Gasteiger partial charge in [0, 0.05) is 7.05 Å². The van der Waals surface area contributed by atoms with E-state index in [0.717, 1.165) is 13.5 Å². The molecular weight excluding hydrogens is 225 g/mol. The van der Waals surface area contributed by atoms with E-state index < -0.39 is 10.4 Å². The lowest BCUT2D eigenvalue weighted by atomic mass is 10.3. The van der Waals surface area contributed by atoms with Crippen LogP contribution in [0.5, 0.6) is 0 Å². The summed E-state index contributed by atoms with van der Waals surface area (Å²) in [4.78, 5) is 0. The van der Waals surface area contributed by atoms with E-state index in [9.17, 15) is 12.3 Å². The molecule has 0 bridgehead atoms. The zero-order valence-corrected chi connectivity index (χ0v) is 10.1. The Bertz CT molecular complexity index is 257. The summed E-state index contributed by atoms with van der Waals surface area (Å²) in [6, 6.07) is 0. The Kier molecular flexibility index (Phi) is 6.99. The third kappa shape index (κ3) is 7.66. The van der Waals surface area contributed by atoms with Crippen LogP contribution in [0.1, 0.15) is 20.3 Å². The van der Waals surface area contributed by atoms with Gasteiger partial charge < -0.3 is 9.47 Å². The van der Waals surface area contributed by atoms with Gasteiger partial charge in [-0.1, -0.05) is 10.8 Å². The standard InChI is InChI=1S/C8H18FNO4S/c1-4-8(2)14-6-5-13-7-10(3)15(9,11)12/h8H,4-7H2,1-3H3. The van der Waals surface area contributed by atoms with E-state index in [1.165, 1.54) is 0 Å². The van der Waals surface area contributed by atoms with Crippen molar-refractivity contribution in [3.63, 3.8) is 0 Å². The first-order chi connectivity index (χ1) is 6.88. The zero-order valence-electron chi connectivity index (χ0n) is 9.27. The van der Waals surface area contributed by atoms with E-state index >= 15 is 0 Å². The van der Waals surface area contributed by atoms with Gasteiger partial charge in [0.1, 0.15) is 6.73 Å². The van der Waals surface area contributed by atoms with Gasteiger partial charge in [-0.2, -0.15) is 12.7 Å². The van der Waals surface area contributed by atoms with Crippen LogP contribution < -0.4 is 0 Å². The third-order valence-corrected chi connectivity index (χ3v) is 2.70. The summed E-state index contributed by atoms with van der Waals surface area (Å²) in [7, 11) is -3.54. The maximum Gasteiger partial charge on any atom is 0.376 e. The van der Waals surface area contributed by atoms with Crippen LogP contribution in [0.15, 0.2) is 0 Å². The molecule has 0 heterocycles. The number of rotatable bonds is 8. The fourth-order valence-electron chi connectivity index (χ4n) is 0.682. The summed E-state index contributed by atoms with van der Waals surface area (Å²) < 4.78 is 43.5. The predicted octanol–water partition coefficient (Wildman–Crippen LogP) is 0.922. The van der Waals surface area contributed by atoms with Crippen molar-refractivity contribution in [3.8, 4) is 0 Å². The minimum Gasteiger partial charge on any atom is -0.376 e. The smallest absolute Gasteiger partial charge is 0.376 e. The van der Waals surface area contributed by atoms with Gasteiger partial charge in [-0.15, -0.1) is 0 Å². The number of ether oxygens (including phenoxy) is 2. The minimum absolute atomic E-state index is 0.149. The predicted molar refractivity (Wildman–Crippen MR) is 54.3 cm³/mol. The summed E-state index contributed by atoms with van der Waals surface area (Å²) in [6.07, 6.45) is 1.05. The molecule has 92 valence electrons. The number of nitrogens with zero attached hydrogens (tertiary/aromatic N) is 1. The maximum atomic E-state index is 12.3. The van der Waals surface area contributed by atoms with Gasteiger partial charge in [0.25, 0.3) is 0 Å². The first-order valence-corrected chi connectivity index (χ1v) is 6.07. The number of hydrogen-bond donors (Lipinski definition) is 0. The molecule has 0 N–H and O–H groups in total. The van der Waals surface area contributed by atoms with Crippen molar-refractivity contribution in [1.82, 2.24) is 4.31 Å². The molecule has 0 aliphatic carbocycles. The lowest BCUT2D eigenvalue weighted by Gasteiger charge is -2.13. The van der Waals surface area contributed by atoms with Crippen LogP contribution in [0.4, 0.5) is 3.89 Å². The molecule has 0 aliphatic heterocycles. The van der Waals surface area contributed by atoms with Crippen LogP contribution in [0.25, 0.3) is 0 Å². The van der Waals surface area contributed by atoms with Crippen molar-refractivity contribution in [2.75, 3.05) is 27.0 Å². The summed E-state index contributed by atoms with van der Waals surface area (Å²) >= 11 is 0. The molecule has 1 atom stereocenters. The molecule has 0 saturated carbocycles. The second kappa shape index (κ2) is 7.10. The highest BCUT2D eigenvalue weighted by molar-refractivity contribution is 7.83. The molecule has 15 heavy (non-hydrogen) atoms. The van der Waals surface area contributed by atoms with Crippen LogP contribution in [0, 0.1) is 0 Å². The second-order valence-corrected chi connectivity index (χ2v) is 4.61. The third-order valence-electron chi connectivity index (χ3n) is 1.85. The fraction of sp³-hybridized carbons (Fsp3) is 1.00. The quantitative estimate of drug-likeness (QED) is 0.361. The van der Waals surface area contributed by atoms with Crippen molar-refractivity contribution in [1.29, 1.82) is 0 Å². The molecule has 0 fully saturated rings. The van der Waals surface area contributed by atoms with Gasteiger partial charge in [-0.05, 0) is 13.3 Å². The van der Waals surface area contributed by atoms with Gasteiger partial charge in [-0.3, -0.25) is 0 Å². The Morgan fingerprint density at radius 1 is 1.40 bits per heavy atom. The highest BCUT2D eigenvalue weighted by atomic mass is 32.3. The fourth-order valence-corrected chi connectivity index (χ4v) is 0.883. The molecule has 1 unspecified atom stereocenters. The Balaban J connectivity index is 3.48. The van der Waals surface area contributed by atoms with Crippen LogP contribution in [0.3, 0.4) is 0 Å². The van der Waals surface area contributed by atoms with Gasteiger partial charge in [0.05, 0.1) is 19.3 Å². The van der Waals surface area contributed by atoms with Gasteiger partial charge >= 0.3 is 10.4 Å². The average molecular weight is 243 g/mol. The maximum absolute atomic E-state index is 12.3. The van der Waals surface area contributed by atoms with Crippen LogP contribution in [0.2, 0.25) is 0 Å². The highest BCUT2D eigenvalue weighted by Gasteiger charge is 2.14. The van der Waals surface area contributed by atoms with Crippen molar-refractivity contribution in [3.05, 3.63) is 0 Å². The molecule has 0 aromatic heterocycles. The summed E-state index contributed by atoms with van der Waals surface area (Å²) in [6.45, 7) is 4.23. The zero-order chi connectivity index (χ0) is 11.9. The van der Waals surface area contributed by atoms with Crippen molar-refractivity contribution in [2.24, 2.45) is 0 Å². The molecule has 0 saturated heterocycles. The first kappa shape index (κ1) is 14.8. The largest absolute Gasteiger partial charge is 0.376 e. The second-order valence-electron chi connectivity index (χ2n) is 3.17. The SMILES string of the molecule is CCC(C)OCCOCN(C)S(=O)(=O)F. The molecule has 0 rings (SSSR count). The van der Waals surface area contributed by atoms with Gasteiger partial charge in [-0.25, -0.2) is 0 Å².